The lowest BCUT2D eigenvalue weighted by atomic mass is 10.1. The summed E-state index contributed by atoms with van der Waals surface area (Å²) < 4.78 is 37.3. The maximum absolute atomic E-state index is 12.4. The average Bonchev–Trinajstić information content (AvgIpc) is 2.19. The topological polar surface area (TPSA) is 20.2 Å². The Morgan fingerprint density at radius 1 is 1.31 bits per heavy atom. The molecule has 0 heterocycles. The largest absolute Gasteiger partial charge is 0.507 e. The normalized spacial score (nSPS) is 12.2. The molecule has 16 heavy (non-hydrogen) atoms. The molecule has 0 saturated carbocycles. The molecule has 88 valence electrons. The van der Waals surface area contributed by atoms with E-state index in [2.05, 4.69) is 15.9 Å². The van der Waals surface area contributed by atoms with Gasteiger partial charge in [0.25, 0.3) is 0 Å². The van der Waals surface area contributed by atoms with E-state index in [0.29, 0.717) is 5.56 Å². The quantitative estimate of drug-likeness (QED) is 0.828. The number of aromatic hydroxyl groups is 1. The van der Waals surface area contributed by atoms with Crippen LogP contribution in [-0.4, -0.2) is 10.4 Å². The van der Waals surface area contributed by atoms with Gasteiger partial charge in [-0.2, -0.15) is 13.2 Å². The maximum Gasteiger partial charge on any atom is 0.419 e. The average molecular weight is 295 g/mol. The van der Waals surface area contributed by atoms with Crippen LogP contribution in [0.1, 0.15) is 17.5 Å². The van der Waals surface area contributed by atoms with Crippen LogP contribution in [0.4, 0.5) is 13.2 Å². The molecular weight excluding hydrogens is 285 g/mol. The van der Waals surface area contributed by atoms with Crippen molar-refractivity contribution in [2.45, 2.75) is 12.6 Å². The Hall–Kier alpha value is -0.970. The van der Waals surface area contributed by atoms with Gasteiger partial charge in [-0.05, 0) is 24.1 Å². The number of hydrogen-bond donors (Lipinski definition) is 1. The van der Waals surface area contributed by atoms with Gasteiger partial charge in [-0.3, -0.25) is 0 Å². The molecule has 0 fully saturated rings. The molecule has 0 aliphatic heterocycles. The van der Waals surface area contributed by atoms with Crippen molar-refractivity contribution in [2.24, 2.45) is 0 Å². The monoisotopic (exact) mass is 294 g/mol. The van der Waals surface area contributed by atoms with Crippen LogP contribution in [-0.2, 0) is 6.18 Å². The molecule has 0 aliphatic rings. The fourth-order valence-corrected chi connectivity index (χ4v) is 1.43. The molecule has 0 bridgehead atoms. The van der Waals surface area contributed by atoms with Crippen molar-refractivity contribution in [1.29, 1.82) is 0 Å². The smallest absolute Gasteiger partial charge is 0.419 e. The molecule has 0 unspecified atom stereocenters. The fraction of sp³-hybridized carbons (Fsp3) is 0.273. The second kappa shape index (κ2) is 5.39. The molecule has 1 nitrogen and oxygen atoms in total. The second-order valence-electron chi connectivity index (χ2n) is 3.15. The number of phenols is 1. The lowest BCUT2D eigenvalue weighted by molar-refractivity contribution is -0.138. The van der Waals surface area contributed by atoms with Crippen molar-refractivity contribution in [3.8, 4) is 5.75 Å². The Balaban J connectivity index is 2.99. The first-order valence-corrected chi connectivity index (χ1v) is 5.70. The minimum absolute atomic E-state index is 0.422. The van der Waals surface area contributed by atoms with E-state index in [1.54, 1.807) is 12.2 Å². The minimum atomic E-state index is -4.52. The van der Waals surface area contributed by atoms with E-state index in [1.165, 1.54) is 6.07 Å². The first-order chi connectivity index (χ1) is 7.45. The van der Waals surface area contributed by atoms with E-state index < -0.39 is 17.5 Å². The molecule has 1 aromatic rings. The van der Waals surface area contributed by atoms with Crippen LogP contribution in [0, 0.1) is 0 Å². The number of hydrogen-bond acceptors (Lipinski definition) is 1. The number of alkyl halides is 4. The molecule has 5 heteroatoms. The summed E-state index contributed by atoms with van der Waals surface area (Å²) in [5.74, 6) is -0.745. The number of phenolic OH excluding ortho intramolecular Hbond substituents is 1. The van der Waals surface area contributed by atoms with Crippen molar-refractivity contribution in [3.05, 3.63) is 35.4 Å². The van der Waals surface area contributed by atoms with Crippen molar-refractivity contribution in [1.82, 2.24) is 0 Å². The Morgan fingerprint density at radius 2 is 2.00 bits per heavy atom. The molecule has 0 amide bonds. The highest BCUT2D eigenvalue weighted by molar-refractivity contribution is 9.09. The maximum atomic E-state index is 12.4. The third-order valence-corrected chi connectivity index (χ3v) is 2.37. The molecular formula is C11H10BrF3O. The summed E-state index contributed by atoms with van der Waals surface area (Å²) in [5.41, 5.74) is -0.584. The van der Waals surface area contributed by atoms with Crippen LogP contribution in [0.15, 0.2) is 24.3 Å². The van der Waals surface area contributed by atoms with Crippen molar-refractivity contribution in [3.63, 3.8) is 0 Å². The summed E-state index contributed by atoms with van der Waals surface area (Å²) in [7, 11) is 0. The van der Waals surface area contributed by atoms with Gasteiger partial charge in [-0.25, -0.2) is 0 Å². The van der Waals surface area contributed by atoms with E-state index in [9.17, 15) is 13.2 Å². The van der Waals surface area contributed by atoms with Gasteiger partial charge in [-0.15, -0.1) is 0 Å². The molecule has 1 N–H and O–H groups in total. The third kappa shape index (κ3) is 3.56. The summed E-state index contributed by atoms with van der Waals surface area (Å²) in [4.78, 5) is 0. The van der Waals surface area contributed by atoms with Gasteiger partial charge in [0, 0.05) is 5.33 Å². The molecule has 0 aliphatic carbocycles. The lowest BCUT2D eigenvalue weighted by Gasteiger charge is -2.09. The van der Waals surface area contributed by atoms with Crippen molar-refractivity contribution < 1.29 is 18.3 Å². The molecule has 0 aromatic heterocycles. The highest BCUT2D eigenvalue weighted by Crippen LogP contribution is 2.36. The molecule has 1 aromatic carbocycles. The Labute approximate surface area is 99.7 Å². The first kappa shape index (κ1) is 13.1. The van der Waals surface area contributed by atoms with E-state index in [1.807, 2.05) is 0 Å². The van der Waals surface area contributed by atoms with E-state index in [0.717, 1.165) is 23.9 Å². The fourth-order valence-electron chi connectivity index (χ4n) is 1.17. The standard InChI is InChI=1S/C11H10BrF3O/c12-6-2-1-3-8-4-5-10(16)9(7-8)11(13,14)15/h1,3-5,7,16H,2,6H2. The van der Waals surface area contributed by atoms with E-state index >= 15 is 0 Å². The third-order valence-electron chi connectivity index (χ3n) is 1.91. The van der Waals surface area contributed by atoms with E-state index in [4.69, 9.17) is 5.11 Å². The van der Waals surface area contributed by atoms with Crippen molar-refractivity contribution in [2.75, 3.05) is 5.33 Å². The van der Waals surface area contributed by atoms with E-state index in [-0.39, 0.29) is 0 Å². The summed E-state index contributed by atoms with van der Waals surface area (Å²) in [6, 6.07) is 3.42. The Bertz CT molecular complexity index is 385. The summed E-state index contributed by atoms with van der Waals surface area (Å²) in [6.07, 6.45) is -0.428. The predicted octanol–water partition coefficient (Wildman–Crippen LogP) is 4.21. The van der Waals surface area contributed by atoms with Crippen molar-refractivity contribution >= 4 is 22.0 Å². The van der Waals surface area contributed by atoms with Crippen LogP contribution in [0.3, 0.4) is 0 Å². The lowest BCUT2D eigenvalue weighted by Crippen LogP contribution is -2.05. The van der Waals surface area contributed by atoms with Gasteiger partial charge in [0.15, 0.2) is 0 Å². The predicted molar refractivity (Wildman–Crippen MR) is 60.6 cm³/mol. The zero-order valence-corrected chi connectivity index (χ0v) is 9.85. The van der Waals surface area contributed by atoms with Gasteiger partial charge in [0.1, 0.15) is 5.75 Å². The molecule has 0 spiro atoms. The van der Waals surface area contributed by atoms with Gasteiger partial charge in [-0.1, -0.05) is 34.1 Å². The van der Waals surface area contributed by atoms with Crippen LogP contribution in [0.25, 0.3) is 6.08 Å². The van der Waals surface area contributed by atoms with Crippen LogP contribution < -0.4 is 0 Å². The summed E-state index contributed by atoms with van der Waals surface area (Å²) >= 11 is 3.21. The van der Waals surface area contributed by atoms with Gasteiger partial charge in [0.2, 0.25) is 0 Å². The highest BCUT2D eigenvalue weighted by Gasteiger charge is 2.33. The zero-order valence-electron chi connectivity index (χ0n) is 8.26. The molecule has 0 saturated heterocycles. The highest BCUT2D eigenvalue weighted by atomic mass is 79.9. The molecule has 0 atom stereocenters. The van der Waals surface area contributed by atoms with Crippen LogP contribution in [0.5, 0.6) is 5.75 Å². The SMILES string of the molecule is Oc1ccc(C=CCCBr)cc1C(F)(F)F. The minimum Gasteiger partial charge on any atom is -0.507 e. The molecule has 1 rings (SSSR count). The van der Waals surface area contributed by atoms with Gasteiger partial charge >= 0.3 is 6.18 Å². The van der Waals surface area contributed by atoms with Crippen LogP contribution >= 0.6 is 15.9 Å². The second-order valence-corrected chi connectivity index (χ2v) is 3.95. The summed E-state index contributed by atoms with van der Waals surface area (Å²) in [5, 5.41) is 9.85. The number of halogens is 4. The number of allylic oxidation sites excluding steroid dienone is 1. The zero-order chi connectivity index (χ0) is 12.2. The van der Waals surface area contributed by atoms with Crippen LogP contribution in [0.2, 0.25) is 0 Å². The first-order valence-electron chi connectivity index (χ1n) is 4.58. The molecule has 0 radical (unpaired) electrons. The van der Waals surface area contributed by atoms with Gasteiger partial charge < -0.3 is 5.11 Å². The number of benzene rings is 1. The van der Waals surface area contributed by atoms with Gasteiger partial charge in [0.05, 0.1) is 5.56 Å². The summed E-state index contributed by atoms with van der Waals surface area (Å²) in [6.45, 7) is 0. The Morgan fingerprint density at radius 3 is 2.56 bits per heavy atom. The Kier molecular flexibility index (Phi) is 4.41. The number of rotatable bonds is 3.